The number of rotatable bonds is 4. The van der Waals surface area contributed by atoms with E-state index in [-0.39, 0.29) is 23.8 Å². The van der Waals surface area contributed by atoms with Crippen molar-refractivity contribution in [3.05, 3.63) is 74.1 Å². The van der Waals surface area contributed by atoms with Crippen molar-refractivity contribution in [1.82, 2.24) is 9.55 Å². The number of nitrogens with zero attached hydrogens (tertiary/aromatic N) is 2. The lowest BCUT2D eigenvalue weighted by Crippen LogP contribution is -2.34. The van der Waals surface area contributed by atoms with Gasteiger partial charge >= 0.3 is 0 Å². The Balaban J connectivity index is 1.50. The Morgan fingerprint density at radius 3 is 2.73 bits per heavy atom. The van der Waals surface area contributed by atoms with Crippen LogP contribution in [-0.2, 0) is 11.3 Å². The number of aromatic nitrogens is 2. The molecule has 0 saturated heterocycles. The van der Waals surface area contributed by atoms with E-state index in [1.807, 2.05) is 31.2 Å². The van der Waals surface area contributed by atoms with Crippen molar-refractivity contribution in [2.75, 3.05) is 5.32 Å². The number of amides is 1. The van der Waals surface area contributed by atoms with Gasteiger partial charge in [-0.2, -0.15) is 0 Å². The number of aryl methyl sites for hydroxylation is 1. The van der Waals surface area contributed by atoms with Crippen LogP contribution in [0.15, 0.2) is 58.1 Å². The van der Waals surface area contributed by atoms with E-state index in [1.165, 1.54) is 22.2 Å². The van der Waals surface area contributed by atoms with Gasteiger partial charge in [-0.3, -0.25) is 19.0 Å². The molecule has 4 aromatic rings. The summed E-state index contributed by atoms with van der Waals surface area (Å²) in [5.74, 6) is -0.0378. The van der Waals surface area contributed by atoms with E-state index in [0.29, 0.717) is 27.2 Å². The van der Waals surface area contributed by atoms with Gasteiger partial charge < -0.3 is 10.1 Å². The van der Waals surface area contributed by atoms with Crippen molar-refractivity contribution in [2.24, 2.45) is 0 Å². The zero-order valence-electron chi connectivity index (χ0n) is 17.7. The molecule has 1 atom stereocenters. The van der Waals surface area contributed by atoms with E-state index in [4.69, 9.17) is 4.74 Å². The largest absolute Gasteiger partial charge is 0.479 e. The first-order chi connectivity index (χ1) is 15.8. The van der Waals surface area contributed by atoms with Crippen LogP contribution >= 0.6 is 27.3 Å². The van der Waals surface area contributed by atoms with Crippen LogP contribution in [0.2, 0.25) is 0 Å². The molecule has 1 unspecified atom stereocenters. The molecule has 7 nitrogen and oxygen atoms in total. The van der Waals surface area contributed by atoms with Crippen LogP contribution in [0.25, 0.3) is 21.3 Å². The number of anilines is 1. The molecule has 1 aliphatic heterocycles. The molecule has 166 valence electrons. The molecular formula is C24H18BrN3O4S. The van der Waals surface area contributed by atoms with Gasteiger partial charge in [-0.15, -0.1) is 11.3 Å². The molecule has 0 saturated carbocycles. The Morgan fingerprint density at radius 2 is 1.97 bits per heavy atom. The lowest BCUT2D eigenvalue weighted by atomic mass is 10.0. The summed E-state index contributed by atoms with van der Waals surface area (Å²) in [7, 11) is 0. The molecule has 3 heterocycles. The lowest BCUT2D eigenvalue weighted by molar-refractivity contribution is -0.122. The van der Waals surface area contributed by atoms with Gasteiger partial charge in [0, 0.05) is 20.5 Å². The SMILES string of the molecule is Cc1sc2ncn(CC(=O)c3ccc4c(c3)NC(=O)C(C)O4)c(=O)c2c1-c1ccc(Br)cc1. The fourth-order valence-corrected chi connectivity index (χ4v) is 5.11. The van der Waals surface area contributed by atoms with Gasteiger partial charge in [-0.25, -0.2) is 4.98 Å². The normalized spacial score (nSPS) is 15.1. The number of hydrogen-bond acceptors (Lipinski definition) is 6. The second-order valence-electron chi connectivity index (χ2n) is 7.78. The van der Waals surface area contributed by atoms with E-state index < -0.39 is 6.10 Å². The van der Waals surface area contributed by atoms with Crippen LogP contribution in [0.3, 0.4) is 0 Å². The van der Waals surface area contributed by atoms with Gasteiger partial charge in [0.05, 0.1) is 23.9 Å². The molecule has 0 aliphatic carbocycles. The number of hydrogen-bond donors (Lipinski definition) is 1. The minimum Gasteiger partial charge on any atom is -0.479 e. The van der Waals surface area contributed by atoms with Gasteiger partial charge in [0.25, 0.3) is 11.5 Å². The van der Waals surface area contributed by atoms with Crippen LogP contribution in [-0.4, -0.2) is 27.3 Å². The molecule has 0 radical (unpaired) electrons. The monoisotopic (exact) mass is 523 g/mol. The summed E-state index contributed by atoms with van der Waals surface area (Å²) < 4.78 is 7.82. The van der Waals surface area contributed by atoms with Gasteiger partial charge in [-0.05, 0) is 49.7 Å². The number of halogens is 1. The topological polar surface area (TPSA) is 90.3 Å². The van der Waals surface area contributed by atoms with E-state index in [1.54, 1.807) is 25.1 Å². The minimum atomic E-state index is -0.593. The molecule has 0 spiro atoms. The number of thiophene rings is 1. The number of carbonyl (C=O) groups excluding carboxylic acids is 2. The summed E-state index contributed by atoms with van der Waals surface area (Å²) in [4.78, 5) is 44.3. The molecule has 2 aromatic heterocycles. The number of carbonyl (C=O) groups is 2. The van der Waals surface area contributed by atoms with Gasteiger partial charge in [0.2, 0.25) is 0 Å². The highest BCUT2D eigenvalue weighted by Crippen LogP contribution is 2.36. The smallest absolute Gasteiger partial charge is 0.265 e. The standard InChI is InChI=1S/C24H18BrN3O4S/c1-12-22(30)27-17-9-15(5-8-19(17)32-12)18(29)10-28-11-26-23-21(24(28)31)20(13(2)33-23)14-3-6-16(25)7-4-14/h3-9,11-12H,10H2,1-2H3,(H,27,30). The number of Topliss-reactive ketones (excluding diaryl/α,β-unsaturated/α-hetero) is 1. The van der Waals surface area contributed by atoms with Gasteiger partial charge in [0.15, 0.2) is 11.9 Å². The summed E-state index contributed by atoms with van der Waals surface area (Å²) in [6.45, 7) is 3.45. The van der Waals surface area contributed by atoms with Crippen molar-refractivity contribution in [1.29, 1.82) is 0 Å². The van der Waals surface area contributed by atoms with Crippen molar-refractivity contribution in [2.45, 2.75) is 26.5 Å². The van der Waals surface area contributed by atoms with Crippen LogP contribution in [0.5, 0.6) is 5.75 Å². The zero-order chi connectivity index (χ0) is 23.3. The quantitative estimate of drug-likeness (QED) is 0.388. The molecule has 0 bridgehead atoms. The third kappa shape index (κ3) is 3.87. The predicted molar refractivity (Wildman–Crippen MR) is 131 cm³/mol. The molecule has 33 heavy (non-hydrogen) atoms. The number of fused-ring (bicyclic) bond motifs is 2. The maximum Gasteiger partial charge on any atom is 0.265 e. The Kier molecular flexibility index (Phi) is 5.38. The maximum atomic E-state index is 13.4. The van der Waals surface area contributed by atoms with Crippen LogP contribution in [0, 0.1) is 6.92 Å². The van der Waals surface area contributed by atoms with Crippen molar-refractivity contribution in [3.8, 4) is 16.9 Å². The fraction of sp³-hybridized carbons (Fsp3) is 0.167. The van der Waals surface area contributed by atoms with Crippen molar-refractivity contribution >= 4 is 54.9 Å². The third-order valence-corrected chi connectivity index (χ3v) is 7.08. The van der Waals surface area contributed by atoms with E-state index in [0.717, 1.165) is 20.5 Å². The maximum absolute atomic E-state index is 13.4. The highest BCUT2D eigenvalue weighted by atomic mass is 79.9. The second-order valence-corrected chi connectivity index (χ2v) is 9.90. The highest BCUT2D eigenvalue weighted by molar-refractivity contribution is 9.10. The van der Waals surface area contributed by atoms with Crippen molar-refractivity contribution < 1.29 is 14.3 Å². The molecule has 0 fully saturated rings. The summed E-state index contributed by atoms with van der Waals surface area (Å²) in [5.41, 5.74) is 2.30. The fourth-order valence-electron chi connectivity index (χ4n) is 3.84. The first-order valence-corrected chi connectivity index (χ1v) is 11.8. The zero-order valence-corrected chi connectivity index (χ0v) is 20.1. The molecule has 9 heteroatoms. The van der Waals surface area contributed by atoms with E-state index in [2.05, 4.69) is 26.2 Å². The van der Waals surface area contributed by atoms with Crippen LogP contribution in [0.4, 0.5) is 5.69 Å². The molecular weight excluding hydrogens is 506 g/mol. The highest BCUT2D eigenvalue weighted by Gasteiger charge is 2.24. The van der Waals surface area contributed by atoms with Gasteiger partial charge in [0.1, 0.15) is 10.6 Å². The number of ether oxygens (including phenoxy) is 1. The van der Waals surface area contributed by atoms with Crippen LogP contribution < -0.4 is 15.6 Å². The first-order valence-electron chi connectivity index (χ1n) is 10.2. The lowest BCUT2D eigenvalue weighted by Gasteiger charge is -2.23. The average Bonchev–Trinajstić information content (AvgIpc) is 3.13. The average molecular weight is 524 g/mol. The molecule has 1 aliphatic rings. The Morgan fingerprint density at radius 1 is 1.21 bits per heavy atom. The summed E-state index contributed by atoms with van der Waals surface area (Å²) in [6.07, 6.45) is 0.818. The Bertz CT molecular complexity index is 1490. The van der Waals surface area contributed by atoms with E-state index >= 15 is 0 Å². The first kappa shape index (κ1) is 21.5. The second kappa shape index (κ2) is 8.24. The van der Waals surface area contributed by atoms with E-state index in [9.17, 15) is 14.4 Å². The van der Waals surface area contributed by atoms with Crippen molar-refractivity contribution in [3.63, 3.8) is 0 Å². The number of benzene rings is 2. The number of ketones is 1. The Hall–Kier alpha value is -3.30. The summed E-state index contributed by atoms with van der Waals surface area (Å²) in [5, 5.41) is 3.25. The molecule has 1 amide bonds. The van der Waals surface area contributed by atoms with Gasteiger partial charge in [-0.1, -0.05) is 28.1 Å². The Labute approximate surface area is 201 Å². The summed E-state index contributed by atoms with van der Waals surface area (Å²) >= 11 is 4.89. The summed E-state index contributed by atoms with van der Waals surface area (Å²) in [6, 6.07) is 12.6. The molecule has 2 aromatic carbocycles. The number of nitrogens with one attached hydrogen (secondary N) is 1. The molecule has 5 rings (SSSR count). The molecule has 1 N–H and O–H groups in total. The predicted octanol–water partition coefficient (Wildman–Crippen LogP) is 4.80. The minimum absolute atomic E-state index is 0.166. The van der Waals surface area contributed by atoms with Crippen LogP contribution in [0.1, 0.15) is 22.2 Å². The third-order valence-electron chi connectivity index (χ3n) is 5.53.